The summed E-state index contributed by atoms with van der Waals surface area (Å²) < 4.78 is 0. The van der Waals surface area contributed by atoms with Crippen LogP contribution in [0.4, 0.5) is 5.95 Å². The first kappa shape index (κ1) is 11.8. The highest BCUT2D eigenvalue weighted by Gasteiger charge is 2.09. The Bertz CT molecular complexity index is 609. The quantitative estimate of drug-likeness (QED) is 0.724. The molecule has 0 aliphatic rings. The summed E-state index contributed by atoms with van der Waals surface area (Å²) in [5, 5.41) is 11.5. The SMILES string of the molecule is O=C(O)c1cnc(NCc2cccnc2)[nH]c1=O. The molecular weight excluding hydrogens is 236 g/mol. The lowest BCUT2D eigenvalue weighted by molar-refractivity contribution is 0.0694. The van der Waals surface area contributed by atoms with E-state index in [-0.39, 0.29) is 11.5 Å². The number of nitrogens with one attached hydrogen (secondary N) is 2. The lowest BCUT2D eigenvalue weighted by atomic mass is 10.3. The molecule has 0 amide bonds. The predicted octanol–water partition coefficient (Wildman–Crippen LogP) is 0.475. The first-order valence-electron chi connectivity index (χ1n) is 5.12. The molecule has 0 saturated heterocycles. The number of carboxylic acids is 1. The van der Waals surface area contributed by atoms with Crippen molar-refractivity contribution in [3.63, 3.8) is 0 Å². The monoisotopic (exact) mass is 246 g/mol. The van der Waals surface area contributed by atoms with Crippen LogP contribution in [0.2, 0.25) is 0 Å². The van der Waals surface area contributed by atoms with Crippen molar-refractivity contribution in [1.82, 2.24) is 15.0 Å². The van der Waals surface area contributed by atoms with Crippen LogP contribution < -0.4 is 10.9 Å². The fourth-order valence-corrected chi connectivity index (χ4v) is 1.33. The summed E-state index contributed by atoms with van der Waals surface area (Å²) in [4.78, 5) is 32.1. The van der Waals surface area contributed by atoms with Gasteiger partial charge in [0.2, 0.25) is 5.95 Å². The van der Waals surface area contributed by atoms with Gasteiger partial charge in [0, 0.05) is 18.9 Å². The highest BCUT2D eigenvalue weighted by atomic mass is 16.4. The molecular formula is C11H10N4O3. The lowest BCUT2D eigenvalue weighted by Crippen LogP contribution is -2.20. The second-order valence-electron chi connectivity index (χ2n) is 3.49. The number of hydrogen-bond acceptors (Lipinski definition) is 5. The van der Waals surface area contributed by atoms with E-state index in [0.717, 1.165) is 11.8 Å². The van der Waals surface area contributed by atoms with Gasteiger partial charge < -0.3 is 10.4 Å². The van der Waals surface area contributed by atoms with Gasteiger partial charge in [-0.2, -0.15) is 0 Å². The molecule has 0 radical (unpaired) electrons. The van der Waals surface area contributed by atoms with E-state index in [1.807, 2.05) is 6.07 Å². The number of carboxylic acid groups (broad SMARTS) is 1. The average molecular weight is 246 g/mol. The first-order valence-corrected chi connectivity index (χ1v) is 5.12. The van der Waals surface area contributed by atoms with E-state index in [1.54, 1.807) is 18.5 Å². The number of rotatable bonds is 4. The zero-order chi connectivity index (χ0) is 13.0. The molecule has 0 saturated carbocycles. The van der Waals surface area contributed by atoms with Gasteiger partial charge in [-0.15, -0.1) is 0 Å². The number of aromatic amines is 1. The van der Waals surface area contributed by atoms with Gasteiger partial charge in [-0.25, -0.2) is 9.78 Å². The molecule has 2 heterocycles. The third-order valence-corrected chi connectivity index (χ3v) is 2.21. The number of aromatic nitrogens is 3. The van der Waals surface area contributed by atoms with Crippen molar-refractivity contribution < 1.29 is 9.90 Å². The van der Waals surface area contributed by atoms with Crippen molar-refractivity contribution in [1.29, 1.82) is 0 Å². The second kappa shape index (κ2) is 5.09. The molecule has 7 heteroatoms. The Morgan fingerprint density at radius 3 is 2.89 bits per heavy atom. The van der Waals surface area contributed by atoms with Gasteiger partial charge in [-0.1, -0.05) is 6.07 Å². The third kappa shape index (κ3) is 2.70. The average Bonchev–Trinajstić information content (AvgIpc) is 2.37. The maximum absolute atomic E-state index is 11.4. The molecule has 0 spiro atoms. The minimum absolute atomic E-state index is 0.217. The van der Waals surface area contributed by atoms with Crippen LogP contribution in [0, 0.1) is 0 Å². The van der Waals surface area contributed by atoms with Crippen molar-refractivity contribution in [2.45, 2.75) is 6.54 Å². The fraction of sp³-hybridized carbons (Fsp3) is 0.0909. The summed E-state index contributed by atoms with van der Waals surface area (Å²) in [6, 6.07) is 3.66. The van der Waals surface area contributed by atoms with Crippen molar-refractivity contribution in [3.8, 4) is 0 Å². The van der Waals surface area contributed by atoms with Crippen molar-refractivity contribution in [2.24, 2.45) is 0 Å². The molecule has 0 fully saturated rings. The molecule has 0 atom stereocenters. The summed E-state index contributed by atoms with van der Waals surface area (Å²) in [5.41, 5.74) is -0.157. The molecule has 0 aliphatic heterocycles. The Hall–Kier alpha value is -2.70. The zero-order valence-electron chi connectivity index (χ0n) is 9.25. The Morgan fingerprint density at radius 1 is 1.44 bits per heavy atom. The van der Waals surface area contributed by atoms with Crippen LogP contribution in [-0.4, -0.2) is 26.0 Å². The van der Waals surface area contributed by atoms with E-state index in [0.29, 0.717) is 6.54 Å². The van der Waals surface area contributed by atoms with Gasteiger partial charge in [0.1, 0.15) is 5.56 Å². The van der Waals surface area contributed by atoms with Crippen LogP contribution in [0.5, 0.6) is 0 Å². The Labute approximate surface area is 102 Å². The molecule has 0 aliphatic carbocycles. The highest BCUT2D eigenvalue weighted by Crippen LogP contribution is 2.00. The van der Waals surface area contributed by atoms with Crippen LogP contribution in [0.25, 0.3) is 0 Å². The number of nitrogens with zero attached hydrogens (tertiary/aromatic N) is 2. The van der Waals surface area contributed by atoms with Gasteiger partial charge >= 0.3 is 5.97 Å². The molecule has 2 aromatic rings. The molecule has 18 heavy (non-hydrogen) atoms. The Morgan fingerprint density at radius 2 is 2.28 bits per heavy atom. The van der Waals surface area contributed by atoms with Crippen molar-refractivity contribution in [3.05, 3.63) is 52.2 Å². The minimum Gasteiger partial charge on any atom is -0.477 e. The van der Waals surface area contributed by atoms with E-state index in [2.05, 4.69) is 20.3 Å². The summed E-state index contributed by atoms with van der Waals surface area (Å²) in [7, 11) is 0. The van der Waals surface area contributed by atoms with Crippen molar-refractivity contribution >= 4 is 11.9 Å². The topological polar surface area (TPSA) is 108 Å². The first-order chi connectivity index (χ1) is 8.66. The van der Waals surface area contributed by atoms with E-state index in [4.69, 9.17) is 5.11 Å². The van der Waals surface area contributed by atoms with Crippen LogP contribution in [0.1, 0.15) is 15.9 Å². The number of H-pyrrole nitrogens is 1. The summed E-state index contributed by atoms with van der Waals surface area (Å²) in [6.45, 7) is 0.434. The van der Waals surface area contributed by atoms with Crippen molar-refractivity contribution in [2.75, 3.05) is 5.32 Å². The summed E-state index contributed by atoms with van der Waals surface area (Å²) in [6.07, 6.45) is 4.36. The van der Waals surface area contributed by atoms with E-state index in [9.17, 15) is 9.59 Å². The summed E-state index contributed by atoms with van der Waals surface area (Å²) in [5.74, 6) is -1.09. The zero-order valence-corrected chi connectivity index (χ0v) is 9.25. The number of hydrogen-bond donors (Lipinski definition) is 3. The second-order valence-corrected chi connectivity index (χ2v) is 3.49. The number of anilines is 1. The maximum Gasteiger partial charge on any atom is 0.342 e. The molecule has 0 bridgehead atoms. The molecule has 2 aromatic heterocycles. The number of pyridine rings is 1. The van der Waals surface area contributed by atoms with Gasteiger partial charge in [0.05, 0.1) is 6.20 Å². The van der Waals surface area contributed by atoms with Crippen LogP contribution in [0.3, 0.4) is 0 Å². The van der Waals surface area contributed by atoms with Crippen LogP contribution >= 0.6 is 0 Å². The number of carbonyl (C=O) groups is 1. The third-order valence-electron chi connectivity index (χ3n) is 2.21. The van der Waals surface area contributed by atoms with Gasteiger partial charge in [-0.3, -0.25) is 14.8 Å². The summed E-state index contributed by atoms with van der Waals surface area (Å²) >= 11 is 0. The fourth-order valence-electron chi connectivity index (χ4n) is 1.33. The highest BCUT2D eigenvalue weighted by molar-refractivity contribution is 5.86. The van der Waals surface area contributed by atoms with Crippen LogP contribution in [-0.2, 0) is 6.54 Å². The minimum atomic E-state index is -1.30. The smallest absolute Gasteiger partial charge is 0.342 e. The van der Waals surface area contributed by atoms with Gasteiger partial charge in [-0.05, 0) is 11.6 Å². The Kier molecular flexibility index (Phi) is 3.33. The normalized spacial score (nSPS) is 10.0. The molecule has 7 nitrogen and oxygen atoms in total. The van der Waals surface area contributed by atoms with E-state index < -0.39 is 11.5 Å². The lowest BCUT2D eigenvalue weighted by Gasteiger charge is -2.04. The maximum atomic E-state index is 11.4. The molecule has 2 rings (SSSR count). The molecule has 3 N–H and O–H groups in total. The van der Waals surface area contributed by atoms with Crippen LogP contribution in [0.15, 0.2) is 35.5 Å². The largest absolute Gasteiger partial charge is 0.477 e. The molecule has 0 aromatic carbocycles. The molecule has 0 unspecified atom stereocenters. The van der Waals surface area contributed by atoms with E-state index >= 15 is 0 Å². The molecule has 92 valence electrons. The predicted molar refractivity (Wildman–Crippen MR) is 63.4 cm³/mol. The van der Waals surface area contributed by atoms with Gasteiger partial charge in [0.25, 0.3) is 5.56 Å². The van der Waals surface area contributed by atoms with Gasteiger partial charge in [0.15, 0.2) is 0 Å². The van der Waals surface area contributed by atoms with E-state index in [1.165, 1.54) is 0 Å². The standard InChI is InChI=1S/C11H10N4O3/c16-9-8(10(17)18)6-14-11(15-9)13-5-7-2-1-3-12-4-7/h1-4,6H,5H2,(H,17,18)(H2,13,14,15,16). The number of aromatic carboxylic acids is 1. The Balaban J connectivity index is 2.09.